The number of halogens is 2. The van der Waals surface area contributed by atoms with Gasteiger partial charge in [0.25, 0.3) is 0 Å². The second kappa shape index (κ2) is 4.95. The first kappa shape index (κ1) is 14.3. The van der Waals surface area contributed by atoms with Crippen LogP contribution in [0.3, 0.4) is 0 Å². The number of H-pyrrole nitrogens is 1. The van der Waals surface area contributed by atoms with Crippen LogP contribution in [-0.2, 0) is 0 Å². The number of nitrogens with zero attached hydrogens (tertiary/aromatic N) is 1. The third-order valence-electron chi connectivity index (χ3n) is 4.43. The predicted octanol–water partition coefficient (Wildman–Crippen LogP) is 5.74. The van der Waals surface area contributed by atoms with E-state index in [4.69, 9.17) is 12.2 Å². The minimum absolute atomic E-state index is 0.239. The number of aromatic nitrogens is 2. The number of hydrogen-bond acceptors (Lipinski definition) is 1. The summed E-state index contributed by atoms with van der Waals surface area (Å²) >= 11 is 8.67. The lowest BCUT2D eigenvalue weighted by molar-refractivity contribution is 0.195. The van der Waals surface area contributed by atoms with Gasteiger partial charge in [-0.1, -0.05) is 13.8 Å². The second-order valence-electron chi connectivity index (χ2n) is 6.48. The number of hydrogen-bond donors (Lipinski definition) is 1. The standard InChI is InChI=1S/C15H18BrFN2S/c1-15(2)5-3-9(4-6-15)19-13-8-11(17)10(16)7-12(13)18-14(19)20/h7-9H,3-6H2,1-2H3,(H,18,20). The Morgan fingerprint density at radius 2 is 2.00 bits per heavy atom. The van der Waals surface area contributed by atoms with Crippen LogP contribution in [-0.4, -0.2) is 9.55 Å². The minimum Gasteiger partial charge on any atom is -0.331 e. The molecular weight excluding hydrogens is 339 g/mol. The summed E-state index contributed by atoms with van der Waals surface area (Å²) in [5.41, 5.74) is 2.19. The molecule has 0 radical (unpaired) electrons. The molecule has 0 amide bonds. The van der Waals surface area contributed by atoms with Crippen molar-refractivity contribution in [2.45, 2.75) is 45.6 Å². The first-order valence-corrected chi connectivity index (χ1v) is 8.17. The average molecular weight is 357 g/mol. The van der Waals surface area contributed by atoms with Gasteiger partial charge in [0.05, 0.1) is 15.5 Å². The molecule has 1 aliphatic carbocycles. The number of aromatic amines is 1. The SMILES string of the molecule is CC1(C)CCC(n2c(=S)[nH]c3cc(Br)c(F)cc32)CC1. The molecule has 1 N–H and O–H groups in total. The zero-order chi connectivity index (χ0) is 14.5. The molecule has 3 rings (SSSR count). The summed E-state index contributed by atoms with van der Waals surface area (Å²) in [7, 11) is 0. The van der Waals surface area contributed by atoms with Crippen molar-refractivity contribution >= 4 is 39.2 Å². The second-order valence-corrected chi connectivity index (χ2v) is 7.72. The molecule has 1 aromatic carbocycles. The van der Waals surface area contributed by atoms with E-state index in [1.54, 1.807) is 12.1 Å². The number of benzene rings is 1. The molecule has 1 saturated carbocycles. The van der Waals surface area contributed by atoms with Crippen molar-refractivity contribution in [2.24, 2.45) is 5.41 Å². The molecule has 0 aliphatic heterocycles. The minimum atomic E-state index is -0.239. The van der Waals surface area contributed by atoms with E-state index in [0.717, 1.165) is 23.9 Å². The summed E-state index contributed by atoms with van der Waals surface area (Å²) in [6.45, 7) is 4.63. The molecule has 5 heteroatoms. The Bertz CT molecular complexity index is 706. The van der Waals surface area contributed by atoms with Crippen molar-refractivity contribution in [1.29, 1.82) is 0 Å². The van der Waals surface area contributed by atoms with Crippen LogP contribution in [0.15, 0.2) is 16.6 Å². The molecule has 2 aromatic rings. The lowest BCUT2D eigenvalue weighted by Crippen LogP contribution is -2.23. The fourth-order valence-electron chi connectivity index (χ4n) is 3.13. The molecule has 1 aliphatic rings. The summed E-state index contributed by atoms with van der Waals surface area (Å²) in [5.74, 6) is -0.239. The van der Waals surface area contributed by atoms with Gasteiger partial charge in [-0.15, -0.1) is 0 Å². The smallest absolute Gasteiger partial charge is 0.178 e. The molecule has 20 heavy (non-hydrogen) atoms. The van der Waals surface area contributed by atoms with Gasteiger partial charge in [-0.05, 0) is 65.3 Å². The van der Waals surface area contributed by atoms with Crippen molar-refractivity contribution in [3.8, 4) is 0 Å². The normalized spacial score (nSPS) is 19.6. The van der Waals surface area contributed by atoms with Crippen molar-refractivity contribution in [3.63, 3.8) is 0 Å². The molecule has 1 aromatic heterocycles. The first-order valence-electron chi connectivity index (χ1n) is 6.97. The van der Waals surface area contributed by atoms with E-state index in [2.05, 4.69) is 39.3 Å². The van der Waals surface area contributed by atoms with E-state index in [1.807, 2.05) is 0 Å². The molecular formula is C15H18BrFN2S. The van der Waals surface area contributed by atoms with E-state index >= 15 is 0 Å². The van der Waals surface area contributed by atoms with Gasteiger partial charge in [0.2, 0.25) is 0 Å². The highest BCUT2D eigenvalue weighted by molar-refractivity contribution is 9.10. The molecule has 0 spiro atoms. The Hall–Kier alpha value is -0.680. The molecule has 0 atom stereocenters. The molecule has 108 valence electrons. The average Bonchev–Trinajstić information content (AvgIpc) is 2.66. The molecule has 0 bridgehead atoms. The quantitative estimate of drug-likeness (QED) is 0.645. The highest BCUT2D eigenvalue weighted by Crippen LogP contribution is 2.41. The summed E-state index contributed by atoms with van der Waals surface area (Å²) < 4.78 is 17.1. The summed E-state index contributed by atoms with van der Waals surface area (Å²) in [6, 6.07) is 3.72. The van der Waals surface area contributed by atoms with Gasteiger partial charge in [-0.3, -0.25) is 0 Å². The molecule has 0 saturated heterocycles. The highest BCUT2D eigenvalue weighted by Gasteiger charge is 2.28. The lowest BCUT2D eigenvalue weighted by Gasteiger charge is -2.35. The fraction of sp³-hybridized carbons (Fsp3) is 0.533. The van der Waals surface area contributed by atoms with Gasteiger partial charge in [-0.2, -0.15) is 0 Å². The van der Waals surface area contributed by atoms with Crippen LogP contribution < -0.4 is 0 Å². The van der Waals surface area contributed by atoms with Gasteiger partial charge in [0, 0.05) is 12.1 Å². The van der Waals surface area contributed by atoms with Crippen molar-refractivity contribution in [1.82, 2.24) is 9.55 Å². The van der Waals surface area contributed by atoms with Crippen LogP contribution in [0.5, 0.6) is 0 Å². The van der Waals surface area contributed by atoms with E-state index < -0.39 is 0 Å². The van der Waals surface area contributed by atoms with E-state index in [1.165, 1.54) is 12.8 Å². The number of imidazole rings is 1. The van der Waals surface area contributed by atoms with Crippen LogP contribution in [0.4, 0.5) is 4.39 Å². The topological polar surface area (TPSA) is 20.7 Å². The summed E-state index contributed by atoms with van der Waals surface area (Å²) in [4.78, 5) is 3.19. The third-order valence-corrected chi connectivity index (χ3v) is 5.34. The van der Waals surface area contributed by atoms with Crippen molar-refractivity contribution < 1.29 is 4.39 Å². The number of fused-ring (bicyclic) bond motifs is 1. The fourth-order valence-corrected chi connectivity index (χ4v) is 3.83. The van der Waals surface area contributed by atoms with Crippen molar-refractivity contribution in [3.05, 3.63) is 27.2 Å². The van der Waals surface area contributed by atoms with Crippen LogP contribution in [0.2, 0.25) is 0 Å². The largest absolute Gasteiger partial charge is 0.331 e. The molecule has 2 nitrogen and oxygen atoms in total. The van der Waals surface area contributed by atoms with Gasteiger partial charge < -0.3 is 9.55 Å². The summed E-state index contributed by atoms with van der Waals surface area (Å²) in [5, 5.41) is 0. The predicted molar refractivity (Wildman–Crippen MR) is 86.1 cm³/mol. The number of nitrogens with one attached hydrogen (secondary N) is 1. The van der Waals surface area contributed by atoms with Crippen molar-refractivity contribution in [2.75, 3.05) is 0 Å². The maximum atomic E-state index is 13.8. The Morgan fingerprint density at radius 1 is 1.35 bits per heavy atom. The summed E-state index contributed by atoms with van der Waals surface area (Å²) in [6.07, 6.45) is 4.58. The Kier molecular flexibility index (Phi) is 3.53. The maximum Gasteiger partial charge on any atom is 0.178 e. The Labute approximate surface area is 131 Å². The zero-order valence-corrected chi connectivity index (χ0v) is 14.1. The first-order chi connectivity index (χ1) is 9.37. The number of rotatable bonds is 1. The van der Waals surface area contributed by atoms with Gasteiger partial charge in [0.1, 0.15) is 5.82 Å². The van der Waals surface area contributed by atoms with Gasteiger partial charge in [0.15, 0.2) is 4.77 Å². The third kappa shape index (κ3) is 2.46. The maximum absolute atomic E-state index is 13.8. The Balaban J connectivity index is 2.06. The van der Waals surface area contributed by atoms with Gasteiger partial charge >= 0.3 is 0 Å². The molecule has 1 fully saturated rings. The van der Waals surface area contributed by atoms with E-state index in [0.29, 0.717) is 20.7 Å². The monoisotopic (exact) mass is 356 g/mol. The molecule has 0 unspecified atom stereocenters. The van der Waals surface area contributed by atoms with Gasteiger partial charge in [-0.25, -0.2) is 4.39 Å². The highest BCUT2D eigenvalue weighted by atomic mass is 79.9. The van der Waals surface area contributed by atoms with Crippen LogP contribution in [0.1, 0.15) is 45.6 Å². The van der Waals surface area contributed by atoms with Crippen LogP contribution >= 0.6 is 28.1 Å². The van der Waals surface area contributed by atoms with Crippen LogP contribution in [0, 0.1) is 16.0 Å². The Morgan fingerprint density at radius 3 is 2.65 bits per heavy atom. The lowest BCUT2D eigenvalue weighted by atomic mass is 9.75. The van der Waals surface area contributed by atoms with Crippen LogP contribution in [0.25, 0.3) is 11.0 Å². The van der Waals surface area contributed by atoms with E-state index in [9.17, 15) is 4.39 Å². The molecule has 1 heterocycles. The van der Waals surface area contributed by atoms with E-state index in [-0.39, 0.29) is 5.82 Å². The zero-order valence-electron chi connectivity index (χ0n) is 11.7.